The van der Waals surface area contributed by atoms with Gasteiger partial charge in [0.2, 0.25) is 0 Å². The molecule has 32 heavy (non-hydrogen) atoms. The summed E-state index contributed by atoms with van der Waals surface area (Å²) in [6.07, 6.45) is 6.03. The summed E-state index contributed by atoms with van der Waals surface area (Å²) < 4.78 is 6.19. The molecule has 3 aromatic rings. The monoisotopic (exact) mass is 425 g/mol. The molecule has 1 aliphatic rings. The van der Waals surface area contributed by atoms with Crippen molar-refractivity contribution in [2.45, 2.75) is 39.0 Å². The average Bonchev–Trinajstić information content (AvgIpc) is 3.37. The van der Waals surface area contributed by atoms with Crippen molar-refractivity contribution in [1.29, 1.82) is 0 Å². The van der Waals surface area contributed by atoms with Crippen molar-refractivity contribution in [3.05, 3.63) is 102 Å². The lowest BCUT2D eigenvalue weighted by molar-refractivity contribution is 0.238. The van der Waals surface area contributed by atoms with Crippen molar-refractivity contribution >= 4 is 11.1 Å². The lowest BCUT2D eigenvalue weighted by atomic mass is 9.87. The van der Waals surface area contributed by atoms with Gasteiger partial charge in [0.1, 0.15) is 12.4 Å². The van der Waals surface area contributed by atoms with Crippen molar-refractivity contribution in [2.24, 2.45) is 0 Å². The smallest absolute Gasteiger partial charge is 0.119 e. The second kappa shape index (κ2) is 11.7. The van der Waals surface area contributed by atoms with Crippen molar-refractivity contribution in [3.63, 3.8) is 0 Å². The molecule has 0 atom stereocenters. The molecular formula is C30H35NO. The third-order valence-electron chi connectivity index (χ3n) is 6.26. The number of hydrogen-bond donors (Lipinski definition) is 0. The Morgan fingerprint density at radius 1 is 0.781 bits per heavy atom. The first-order valence-corrected chi connectivity index (χ1v) is 12.1. The molecule has 0 saturated carbocycles. The van der Waals surface area contributed by atoms with E-state index in [1.54, 1.807) is 0 Å². The molecule has 4 rings (SSSR count). The fourth-order valence-electron chi connectivity index (χ4n) is 4.56. The summed E-state index contributed by atoms with van der Waals surface area (Å²) in [5.41, 5.74) is 6.53. The van der Waals surface area contributed by atoms with Gasteiger partial charge in [0.25, 0.3) is 0 Å². The lowest BCUT2D eigenvalue weighted by Gasteiger charge is -2.19. The molecule has 0 unspecified atom stereocenters. The molecule has 166 valence electrons. The van der Waals surface area contributed by atoms with Crippen LogP contribution in [0.5, 0.6) is 5.75 Å². The topological polar surface area (TPSA) is 12.5 Å². The van der Waals surface area contributed by atoms with Crippen LogP contribution in [0.1, 0.15) is 55.7 Å². The second-order valence-corrected chi connectivity index (χ2v) is 8.61. The van der Waals surface area contributed by atoms with Crippen LogP contribution in [0.3, 0.4) is 0 Å². The predicted molar refractivity (Wildman–Crippen MR) is 136 cm³/mol. The Labute approximate surface area is 193 Å². The Morgan fingerprint density at radius 3 is 2.03 bits per heavy atom. The molecule has 2 heteroatoms. The molecular weight excluding hydrogens is 390 g/mol. The van der Waals surface area contributed by atoms with Crippen LogP contribution in [0.15, 0.2) is 84.9 Å². The highest BCUT2D eigenvalue weighted by atomic mass is 16.5. The molecule has 0 spiro atoms. The SMILES string of the molecule is CCCCC(=C(c1ccccc1)c1ccccc1)c1cccc(OCCN2CCCC2)c1. The van der Waals surface area contributed by atoms with Crippen molar-refractivity contribution in [3.8, 4) is 5.75 Å². The Hall–Kier alpha value is -2.84. The first-order valence-electron chi connectivity index (χ1n) is 12.1. The minimum Gasteiger partial charge on any atom is -0.492 e. The molecule has 0 aliphatic carbocycles. The summed E-state index contributed by atoms with van der Waals surface area (Å²) in [7, 11) is 0. The summed E-state index contributed by atoms with van der Waals surface area (Å²) >= 11 is 0. The summed E-state index contributed by atoms with van der Waals surface area (Å²) in [6, 6.07) is 30.3. The predicted octanol–water partition coefficient (Wildman–Crippen LogP) is 7.31. The molecule has 0 amide bonds. The van der Waals surface area contributed by atoms with Crippen LogP contribution < -0.4 is 4.74 Å². The molecule has 1 fully saturated rings. The number of allylic oxidation sites excluding steroid dienone is 1. The molecule has 1 aliphatic heterocycles. The van der Waals surface area contributed by atoms with Crippen LogP contribution in [0.25, 0.3) is 11.1 Å². The number of ether oxygens (including phenoxy) is 1. The van der Waals surface area contributed by atoms with Gasteiger partial charge in [-0.15, -0.1) is 0 Å². The van der Waals surface area contributed by atoms with E-state index in [4.69, 9.17) is 4.74 Å². The standard InChI is InChI=1S/C30H35NO/c1-2-3-19-29(30(25-13-6-4-7-14-25)26-15-8-5-9-16-26)27-17-12-18-28(24-27)32-23-22-31-20-10-11-21-31/h4-9,12-18,24H,2-3,10-11,19-23H2,1H3. The van der Waals surface area contributed by atoms with E-state index in [-0.39, 0.29) is 0 Å². The molecule has 1 heterocycles. The molecule has 0 bridgehead atoms. The van der Waals surface area contributed by atoms with Crippen molar-refractivity contribution in [2.75, 3.05) is 26.2 Å². The quantitative estimate of drug-likeness (QED) is 0.316. The van der Waals surface area contributed by atoms with E-state index in [0.717, 1.165) is 25.3 Å². The van der Waals surface area contributed by atoms with Gasteiger partial charge in [-0.05, 0) is 78.7 Å². The highest BCUT2D eigenvalue weighted by Crippen LogP contribution is 2.36. The van der Waals surface area contributed by atoms with Crippen LogP contribution in [-0.4, -0.2) is 31.1 Å². The Kier molecular flexibility index (Phi) is 8.17. The van der Waals surface area contributed by atoms with Gasteiger partial charge in [-0.2, -0.15) is 0 Å². The van der Waals surface area contributed by atoms with Gasteiger partial charge in [0, 0.05) is 6.54 Å². The number of hydrogen-bond acceptors (Lipinski definition) is 2. The average molecular weight is 426 g/mol. The fourth-order valence-corrected chi connectivity index (χ4v) is 4.56. The molecule has 0 aromatic heterocycles. The van der Waals surface area contributed by atoms with Gasteiger partial charge >= 0.3 is 0 Å². The molecule has 1 saturated heterocycles. The van der Waals surface area contributed by atoms with Crippen LogP contribution >= 0.6 is 0 Å². The number of nitrogens with zero attached hydrogens (tertiary/aromatic N) is 1. The van der Waals surface area contributed by atoms with Crippen LogP contribution in [0.2, 0.25) is 0 Å². The first-order chi connectivity index (χ1) is 15.8. The molecule has 2 nitrogen and oxygen atoms in total. The maximum absolute atomic E-state index is 6.19. The molecule has 0 N–H and O–H groups in total. The van der Waals surface area contributed by atoms with E-state index >= 15 is 0 Å². The maximum Gasteiger partial charge on any atom is 0.119 e. The van der Waals surface area contributed by atoms with Gasteiger partial charge in [-0.25, -0.2) is 0 Å². The Bertz CT molecular complexity index is 946. The lowest BCUT2D eigenvalue weighted by Crippen LogP contribution is -2.25. The van der Waals surface area contributed by atoms with Gasteiger partial charge in [-0.3, -0.25) is 4.90 Å². The van der Waals surface area contributed by atoms with Gasteiger partial charge in [-0.1, -0.05) is 86.1 Å². The highest BCUT2D eigenvalue weighted by Gasteiger charge is 2.15. The van der Waals surface area contributed by atoms with E-state index in [2.05, 4.69) is 96.8 Å². The Morgan fingerprint density at radius 2 is 1.41 bits per heavy atom. The maximum atomic E-state index is 6.19. The zero-order valence-corrected chi connectivity index (χ0v) is 19.3. The summed E-state index contributed by atoms with van der Waals surface area (Å²) in [5.74, 6) is 0.969. The third-order valence-corrected chi connectivity index (χ3v) is 6.26. The summed E-state index contributed by atoms with van der Waals surface area (Å²) in [5, 5.41) is 0. The molecule has 0 radical (unpaired) electrons. The van der Waals surface area contributed by atoms with E-state index in [1.165, 1.54) is 66.6 Å². The zero-order valence-electron chi connectivity index (χ0n) is 19.3. The number of rotatable bonds is 10. The van der Waals surface area contributed by atoms with E-state index in [1.807, 2.05) is 0 Å². The largest absolute Gasteiger partial charge is 0.492 e. The third kappa shape index (κ3) is 5.89. The zero-order chi connectivity index (χ0) is 22.0. The van der Waals surface area contributed by atoms with Crippen molar-refractivity contribution < 1.29 is 4.74 Å². The highest BCUT2D eigenvalue weighted by molar-refractivity contribution is 5.98. The van der Waals surface area contributed by atoms with E-state index < -0.39 is 0 Å². The van der Waals surface area contributed by atoms with Crippen LogP contribution in [0, 0.1) is 0 Å². The minimum absolute atomic E-state index is 0.752. The Balaban J connectivity index is 1.68. The van der Waals surface area contributed by atoms with Crippen LogP contribution in [-0.2, 0) is 0 Å². The minimum atomic E-state index is 0.752. The second-order valence-electron chi connectivity index (χ2n) is 8.61. The normalized spacial score (nSPS) is 13.8. The fraction of sp³-hybridized carbons (Fsp3) is 0.333. The van der Waals surface area contributed by atoms with Crippen molar-refractivity contribution in [1.82, 2.24) is 4.90 Å². The number of unbranched alkanes of at least 4 members (excludes halogenated alkanes) is 1. The molecule has 3 aromatic carbocycles. The van der Waals surface area contributed by atoms with Crippen LogP contribution in [0.4, 0.5) is 0 Å². The van der Waals surface area contributed by atoms with E-state index in [0.29, 0.717) is 0 Å². The summed E-state index contributed by atoms with van der Waals surface area (Å²) in [6.45, 7) is 6.46. The summed E-state index contributed by atoms with van der Waals surface area (Å²) in [4.78, 5) is 2.50. The van der Waals surface area contributed by atoms with Gasteiger partial charge in [0.05, 0.1) is 0 Å². The number of benzene rings is 3. The first kappa shape index (κ1) is 22.4. The van der Waals surface area contributed by atoms with Gasteiger partial charge in [0.15, 0.2) is 0 Å². The number of likely N-dealkylation sites (tertiary alicyclic amines) is 1. The van der Waals surface area contributed by atoms with Gasteiger partial charge < -0.3 is 4.74 Å². The van der Waals surface area contributed by atoms with E-state index in [9.17, 15) is 0 Å².